The minimum Gasteiger partial charge on any atom is -0.360 e. The fourth-order valence-corrected chi connectivity index (χ4v) is 3.49. The number of nitrogens with zero attached hydrogens (tertiary/aromatic N) is 1. The van der Waals surface area contributed by atoms with Crippen molar-refractivity contribution in [2.75, 3.05) is 4.90 Å². The molecule has 1 aliphatic heterocycles. The highest BCUT2D eigenvalue weighted by atomic mass is 16.1. The number of fused-ring (bicyclic) bond motifs is 1. The normalized spacial score (nSPS) is 16.0. The molecule has 0 fully saturated rings. The molecule has 1 unspecified atom stereocenters. The van der Waals surface area contributed by atoms with Crippen LogP contribution in [0.3, 0.4) is 0 Å². The molecule has 118 valence electrons. The summed E-state index contributed by atoms with van der Waals surface area (Å²) in [5.74, 6) is 0.193. The van der Waals surface area contributed by atoms with Gasteiger partial charge in [-0.1, -0.05) is 72.8 Å². The minimum absolute atomic E-state index is 0.0938. The van der Waals surface area contributed by atoms with E-state index in [0.717, 1.165) is 12.1 Å². The lowest BCUT2D eigenvalue weighted by molar-refractivity contribution is 0.0974. The van der Waals surface area contributed by atoms with E-state index in [9.17, 15) is 4.79 Å². The number of anilines is 1. The number of hydrogen-bond donors (Lipinski definition) is 0. The van der Waals surface area contributed by atoms with E-state index in [0.29, 0.717) is 6.42 Å². The topological polar surface area (TPSA) is 20.3 Å². The molecule has 0 saturated heterocycles. The lowest BCUT2D eigenvalue weighted by Crippen LogP contribution is -2.23. The van der Waals surface area contributed by atoms with E-state index >= 15 is 0 Å². The molecule has 0 N–H and O–H groups in total. The van der Waals surface area contributed by atoms with Crippen molar-refractivity contribution >= 4 is 11.5 Å². The smallest absolute Gasteiger partial charge is 0.165 e. The first-order chi connectivity index (χ1) is 11.8. The molecule has 1 atom stereocenters. The zero-order valence-electron chi connectivity index (χ0n) is 13.4. The van der Waals surface area contributed by atoms with Crippen LogP contribution in [0.5, 0.6) is 0 Å². The van der Waals surface area contributed by atoms with Crippen molar-refractivity contribution in [1.82, 2.24) is 0 Å². The lowest BCUT2D eigenvalue weighted by Gasteiger charge is -2.27. The zero-order valence-corrected chi connectivity index (χ0v) is 13.4. The monoisotopic (exact) mass is 313 g/mol. The molecule has 1 aliphatic rings. The summed E-state index contributed by atoms with van der Waals surface area (Å²) in [4.78, 5) is 15.1. The van der Waals surface area contributed by atoms with Gasteiger partial charge in [-0.05, 0) is 23.3 Å². The van der Waals surface area contributed by atoms with E-state index in [1.165, 1.54) is 16.8 Å². The molecule has 0 aliphatic carbocycles. The molecular weight excluding hydrogens is 294 g/mol. The number of Topliss-reactive ketones (excluding diaryl/α,β-unsaturated/α-hetero) is 1. The highest BCUT2D eigenvalue weighted by Gasteiger charge is 2.31. The van der Waals surface area contributed by atoms with Crippen LogP contribution in [0, 0.1) is 0 Å². The van der Waals surface area contributed by atoms with E-state index in [1.807, 2.05) is 48.5 Å². The summed E-state index contributed by atoms with van der Waals surface area (Å²) in [7, 11) is 0. The summed E-state index contributed by atoms with van der Waals surface area (Å²) in [6.07, 6.45) is 0.496. The highest BCUT2D eigenvalue weighted by Crippen LogP contribution is 2.39. The summed E-state index contributed by atoms with van der Waals surface area (Å²) in [6, 6.07) is 28.5. The first-order valence-corrected chi connectivity index (χ1v) is 8.30. The predicted molar refractivity (Wildman–Crippen MR) is 97.2 cm³/mol. The number of carbonyl (C=O) groups is 1. The van der Waals surface area contributed by atoms with E-state index < -0.39 is 0 Å². The van der Waals surface area contributed by atoms with Crippen molar-refractivity contribution in [1.29, 1.82) is 0 Å². The van der Waals surface area contributed by atoms with Gasteiger partial charge in [-0.2, -0.15) is 0 Å². The number of ketones is 1. The number of rotatable bonds is 4. The van der Waals surface area contributed by atoms with Crippen LogP contribution in [-0.2, 0) is 6.54 Å². The Labute approximate surface area is 142 Å². The Morgan fingerprint density at radius 2 is 1.46 bits per heavy atom. The summed E-state index contributed by atoms with van der Waals surface area (Å²) < 4.78 is 0. The Bertz CT molecular complexity index is 842. The second-order valence-corrected chi connectivity index (χ2v) is 6.17. The third-order valence-electron chi connectivity index (χ3n) is 4.69. The van der Waals surface area contributed by atoms with Crippen molar-refractivity contribution in [3.8, 4) is 0 Å². The van der Waals surface area contributed by atoms with Gasteiger partial charge < -0.3 is 4.90 Å². The summed E-state index contributed by atoms with van der Waals surface area (Å²) in [6.45, 7) is 0.854. The van der Waals surface area contributed by atoms with E-state index in [-0.39, 0.29) is 11.8 Å². The van der Waals surface area contributed by atoms with Crippen LogP contribution in [0.4, 0.5) is 5.69 Å². The quantitative estimate of drug-likeness (QED) is 0.630. The SMILES string of the molecule is O=C(CC1c2ccccc2CN1c1ccccc1)c1ccccc1. The van der Waals surface area contributed by atoms with Crippen LogP contribution in [0.2, 0.25) is 0 Å². The van der Waals surface area contributed by atoms with Gasteiger partial charge in [0.1, 0.15) is 0 Å². The molecule has 0 radical (unpaired) electrons. The fraction of sp³-hybridized carbons (Fsp3) is 0.136. The predicted octanol–water partition coefficient (Wildman–Crippen LogP) is 5.02. The summed E-state index contributed by atoms with van der Waals surface area (Å²) >= 11 is 0. The molecule has 0 saturated carbocycles. The Balaban J connectivity index is 1.68. The van der Waals surface area contributed by atoms with Gasteiger partial charge in [0.05, 0.1) is 6.04 Å². The van der Waals surface area contributed by atoms with Crippen molar-refractivity contribution in [2.45, 2.75) is 19.0 Å². The van der Waals surface area contributed by atoms with Crippen molar-refractivity contribution in [2.24, 2.45) is 0 Å². The van der Waals surface area contributed by atoms with Gasteiger partial charge in [0.2, 0.25) is 0 Å². The van der Waals surface area contributed by atoms with Crippen molar-refractivity contribution in [3.63, 3.8) is 0 Å². The number of carbonyl (C=O) groups excluding carboxylic acids is 1. The number of para-hydroxylation sites is 1. The molecule has 24 heavy (non-hydrogen) atoms. The van der Waals surface area contributed by atoms with Gasteiger partial charge in [0, 0.05) is 24.2 Å². The van der Waals surface area contributed by atoms with Crippen LogP contribution >= 0.6 is 0 Å². The second-order valence-electron chi connectivity index (χ2n) is 6.17. The molecule has 0 aromatic heterocycles. The Morgan fingerprint density at radius 3 is 2.21 bits per heavy atom. The average molecular weight is 313 g/mol. The molecular formula is C22H19NO. The molecule has 1 heterocycles. The first-order valence-electron chi connectivity index (χ1n) is 8.30. The van der Waals surface area contributed by atoms with Crippen LogP contribution < -0.4 is 4.90 Å². The molecule has 3 aromatic rings. The average Bonchev–Trinajstić information content (AvgIpc) is 3.02. The summed E-state index contributed by atoms with van der Waals surface area (Å²) in [5.41, 5.74) is 4.53. The summed E-state index contributed by atoms with van der Waals surface area (Å²) in [5, 5.41) is 0. The maximum Gasteiger partial charge on any atom is 0.165 e. The zero-order chi connectivity index (χ0) is 16.4. The molecule has 2 nitrogen and oxygen atoms in total. The van der Waals surface area contributed by atoms with E-state index in [4.69, 9.17) is 0 Å². The van der Waals surface area contributed by atoms with Crippen LogP contribution in [0.15, 0.2) is 84.9 Å². The van der Waals surface area contributed by atoms with Gasteiger partial charge in [-0.25, -0.2) is 0 Å². The largest absolute Gasteiger partial charge is 0.360 e. The van der Waals surface area contributed by atoms with E-state index in [2.05, 4.69) is 41.3 Å². The fourth-order valence-electron chi connectivity index (χ4n) is 3.49. The Morgan fingerprint density at radius 1 is 0.833 bits per heavy atom. The Hall–Kier alpha value is -2.87. The van der Waals surface area contributed by atoms with Gasteiger partial charge >= 0.3 is 0 Å². The van der Waals surface area contributed by atoms with Crippen LogP contribution in [0.25, 0.3) is 0 Å². The van der Waals surface area contributed by atoms with Gasteiger partial charge in [0.25, 0.3) is 0 Å². The third kappa shape index (κ3) is 2.71. The van der Waals surface area contributed by atoms with Crippen LogP contribution in [0.1, 0.15) is 33.9 Å². The molecule has 4 rings (SSSR count). The molecule has 3 aromatic carbocycles. The maximum absolute atomic E-state index is 12.8. The molecule has 0 amide bonds. The van der Waals surface area contributed by atoms with Gasteiger partial charge in [-0.15, -0.1) is 0 Å². The van der Waals surface area contributed by atoms with Gasteiger partial charge in [-0.3, -0.25) is 4.79 Å². The Kier molecular flexibility index (Phi) is 3.87. The molecule has 0 bridgehead atoms. The van der Waals surface area contributed by atoms with Crippen molar-refractivity contribution in [3.05, 3.63) is 102 Å². The van der Waals surface area contributed by atoms with Crippen LogP contribution in [-0.4, -0.2) is 5.78 Å². The highest BCUT2D eigenvalue weighted by molar-refractivity contribution is 5.96. The second kappa shape index (κ2) is 6.32. The first kappa shape index (κ1) is 14.7. The minimum atomic E-state index is 0.0938. The molecule has 0 spiro atoms. The third-order valence-corrected chi connectivity index (χ3v) is 4.69. The standard InChI is InChI=1S/C22H19NO/c24-22(17-9-3-1-4-10-17)15-21-20-14-8-7-11-18(20)16-23(21)19-12-5-2-6-13-19/h1-14,21H,15-16H2. The lowest BCUT2D eigenvalue weighted by atomic mass is 9.97. The van der Waals surface area contributed by atoms with Crippen molar-refractivity contribution < 1.29 is 4.79 Å². The maximum atomic E-state index is 12.8. The van der Waals surface area contributed by atoms with Gasteiger partial charge in [0.15, 0.2) is 5.78 Å². The number of hydrogen-bond acceptors (Lipinski definition) is 2. The van der Waals surface area contributed by atoms with E-state index in [1.54, 1.807) is 0 Å². The number of benzene rings is 3. The molecule has 2 heteroatoms.